The molecule has 0 radical (unpaired) electrons. The lowest BCUT2D eigenvalue weighted by molar-refractivity contribution is -0.384. The third-order valence-corrected chi connectivity index (χ3v) is 3.43. The molecule has 3 rings (SSSR count). The minimum atomic E-state index is -1.06. The number of nitro groups is 1. The topological polar surface area (TPSA) is 116 Å². The standard InChI is InChI=1S/C15H10F2N6O3/c16-12-6-5-11(7-13(12)17)22-14(19-20-21-22)8-18-15(24)9-1-3-10(4-2-9)23(25)26/h1-7H,8H2,(H,18,24). The molecule has 0 aliphatic heterocycles. The third-order valence-electron chi connectivity index (χ3n) is 3.43. The molecule has 9 nitrogen and oxygen atoms in total. The first-order chi connectivity index (χ1) is 12.5. The molecule has 3 aromatic rings. The minimum absolute atomic E-state index is 0.0954. The van der Waals surface area contributed by atoms with Crippen LogP contribution in [0.25, 0.3) is 5.69 Å². The molecular weight excluding hydrogens is 350 g/mol. The monoisotopic (exact) mass is 360 g/mol. The van der Waals surface area contributed by atoms with Crippen molar-refractivity contribution in [2.24, 2.45) is 0 Å². The van der Waals surface area contributed by atoms with Crippen LogP contribution in [0.4, 0.5) is 14.5 Å². The molecule has 0 aliphatic carbocycles. The number of aromatic nitrogens is 4. The number of rotatable bonds is 5. The first kappa shape index (κ1) is 17.1. The first-order valence-corrected chi connectivity index (χ1v) is 7.21. The summed E-state index contributed by atoms with van der Waals surface area (Å²) in [6.45, 7) is -0.0954. The van der Waals surface area contributed by atoms with Gasteiger partial charge in [-0.3, -0.25) is 14.9 Å². The zero-order chi connectivity index (χ0) is 18.7. The highest BCUT2D eigenvalue weighted by Gasteiger charge is 2.14. The maximum Gasteiger partial charge on any atom is 0.269 e. The van der Waals surface area contributed by atoms with Gasteiger partial charge in [0, 0.05) is 23.8 Å². The van der Waals surface area contributed by atoms with Gasteiger partial charge in [-0.15, -0.1) is 5.10 Å². The number of halogens is 2. The average molecular weight is 360 g/mol. The fourth-order valence-corrected chi connectivity index (χ4v) is 2.13. The Morgan fingerprint density at radius 3 is 2.54 bits per heavy atom. The van der Waals surface area contributed by atoms with Crippen LogP contribution in [0, 0.1) is 21.7 Å². The number of benzene rings is 2. The van der Waals surface area contributed by atoms with Crippen molar-refractivity contribution in [1.82, 2.24) is 25.5 Å². The van der Waals surface area contributed by atoms with E-state index < -0.39 is 22.5 Å². The van der Waals surface area contributed by atoms with Gasteiger partial charge in [-0.2, -0.15) is 4.68 Å². The predicted molar refractivity (Wildman–Crippen MR) is 83.3 cm³/mol. The van der Waals surface area contributed by atoms with Gasteiger partial charge in [0.05, 0.1) is 17.2 Å². The number of carbonyl (C=O) groups excluding carboxylic acids is 1. The Kier molecular flexibility index (Phi) is 4.60. The van der Waals surface area contributed by atoms with Crippen LogP contribution in [0.5, 0.6) is 0 Å². The number of nitrogens with zero attached hydrogens (tertiary/aromatic N) is 5. The first-order valence-electron chi connectivity index (χ1n) is 7.21. The van der Waals surface area contributed by atoms with Crippen LogP contribution in [0.2, 0.25) is 0 Å². The zero-order valence-electron chi connectivity index (χ0n) is 13.0. The molecule has 0 spiro atoms. The van der Waals surface area contributed by atoms with E-state index in [1.807, 2.05) is 0 Å². The molecule has 11 heteroatoms. The average Bonchev–Trinajstić information content (AvgIpc) is 3.10. The number of carbonyl (C=O) groups is 1. The zero-order valence-corrected chi connectivity index (χ0v) is 13.0. The van der Waals surface area contributed by atoms with E-state index in [4.69, 9.17) is 0 Å². The quantitative estimate of drug-likeness (QED) is 0.548. The van der Waals surface area contributed by atoms with Crippen LogP contribution in [-0.4, -0.2) is 31.0 Å². The molecule has 0 aliphatic rings. The number of non-ortho nitro benzene ring substituents is 1. The second kappa shape index (κ2) is 7.01. The van der Waals surface area contributed by atoms with Crippen molar-refractivity contribution in [2.45, 2.75) is 6.54 Å². The van der Waals surface area contributed by atoms with Crippen molar-refractivity contribution in [2.75, 3.05) is 0 Å². The summed E-state index contributed by atoms with van der Waals surface area (Å²) in [5.74, 6) is -2.38. The molecule has 0 unspecified atom stereocenters. The van der Waals surface area contributed by atoms with E-state index in [9.17, 15) is 23.7 Å². The Morgan fingerprint density at radius 2 is 1.88 bits per heavy atom. The summed E-state index contributed by atoms with van der Waals surface area (Å²) >= 11 is 0. The second-order valence-electron chi connectivity index (χ2n) is 5.09. The van der Waals surface area contributed by atoms with E-state index in [0.29, 0.717) is 0 Å². The number of amides is 1. The molecule has 26 heavy (non-hydrogen) atoms. The number of hydrogen-bond donors (Lipinski definition) is 1. The molecule has 0 fully saturated rings. The summed E-state index contributed by atoms with van der Waals surface area (Å²) in [5.41, 5.74) is 0.264. The van der Waals surface area contributed by atoms with Gasteiger partial charge in [-0.05, 0) is 34.7 Å². The molecular formula is C15H10F2N6O3. The lowest BCUT2D eigenvalue weighted by atomic mass is 10.2. The van der Waals surface area contributed by atoms with Crippen LogP contribution >= 0.6 is 0 Å². The van der Waals surface area contributed by atoms with Crippen LogP contribution in [-0.2, 0) is 6.54 Å². The molecule has 0 saturated heterocycles. The van der Waals surface area contributed by atoms with Crippen LogP contribution < -0.4 is 5.32 Å². The van der Waals surface area contributed by atoms with Crippen molar-refractivity contribution in [1.29, 1.82) is 0 Å². The highest BCUT2D eigenvalue weighted by molar-refractivity contribution is 5.94. The molecule has 1 aromatic heterocycles. The highest BCUT2D eigenvalue weighted by Crippen LogP contribution is 2.14. The molecule has 132 valence electrons. The third kappa shape index (κ3) is 3.50. The smallest absolute Gasteiger partial charge is 0.269 e. The van der Waals surface area contributed by atoms with Crippen molar-refractivity contribution < 1.29 is 18.5 Å². The van der Waals surface area contributed by atoms with Gasteiger partial charge in [-0.1, -0.05) is 0 Å². The van der Waals surface area contributed by atoms with E-state index in [1.165, 1.54) is 30.3 Å². The van der Waals surface area contributed by atoms with Crippen molar-refractivity contribution in [3.05, 3.63) is 75.6 Å². The van der Waals surface area contributed by atoms with Crippen molar-refractivity contribution in [3.63, 3.8) is 0 Å². The van der Waals surface area contributed by atoms with Gasteiger partial charge in [0.25, 0.3) is 11.6 Å². The second-order valence-corrected chi connectivity index (χ2v) is 5.09. The summed E-state index contributed by atoms with van der Waals surface area (Å²) in [4.78, 5) is 22.1. The van der Waals surface area contributed by atoms with Gasteiger partial charge in [-0.25, -0.2) is 8.78 Å². The summed E-state index contributed by atoms with van der Waals surface area (Å²) in [6.07, 6.45) is 0. The Hall–Kier alpha value is -3.76. The summed E-state index contributed by atoms with van der Waals surface area (Å²) in [5, 5.41) is 24.0. The van der Waals surface area contributed by atoms with Crippen molar-refractivity contribution >= 4 is 11.6 Å². The number of tetrazole rings is 1. The van der Waals surface area contributed by atoms with E-state index >= 15 is 0 Å². The van der Waals surface area contributed by atoms with Crippen LogP contribution in [0.3, 0.4) is 0 Å². The Labute approximate surface area is 144 Å². The maximum absolute atomic E-state index is 13.4. The molecule has 1 N–H and O–H groups in total. The van der Waals surface area contributed by atoms with E-state index in [1.54, 1.807) is 0 Å². The normalized spacial score (nSPS) is 10.5. The SMILES string of the molecule is O=C(NCc1nnnn1-c1ccc(F)c(F)c1)c1ccc([N+](=O)[O-])cc1. The summed E-state index contributed by atoms with van der Waals surface area (Å²) in [7, 11) is 0. The molecule has 1 heterocycles. The van der Waals surface area contributed by atoms with Gasteiger partial charge in [0.1, 0.15) is 0 Å². The highest BCUT2D eigenvalue weighted by atomic mass is 19.2. The molecule has 2 aromatic carbocycles. The fraction of sp³-hybridized carbons (Fsp3) is 0.0667. The lowest BCUT2D eigenvalue weighted by Crippen LogP contribution is -2.24. The van der Waals surface area contributed by atoms with Gasteiger partial charge in [0.2, 0.25) is 0 Å². The van der Waals surface area contributed by atoms with Crippen LogP contribution in [0.15, 0.2) is 42.5 Å². The van der Waals surface area contributed by atoms with Crippen molar-refractivity contribution in [3.8, 4) is 5.69 Å². The van der Waals surface area contributed by atoms with E-state index in [0.717, 1.165) is 16.8 Å². The Morgan fingerprint density at radius 1 is 1.15 bits per heavy atom. The number of hydrogen-bond acceptors (Lipinski definition) is 6. The van der Waals surface area contributed by atoms with Gasteiger partial charge >= 0.3 is 0 Å². The summed E-state index contributed by atoms with van der Waals surface area (Å²) in [6, 6.07) is 8.19. The summed E-state index contributed by atoms with van der Waals surface area (Å²) < 4.78 is 27.5. The minimum Gasteiger partial charge on any atom is -0.345 e. The predicted octanol–water partition coefficient (Wildman–Crippen LogP) is 1.78. The Bertz CT molecular complexity index is 974. The largest absolute Gasteiger partial charge is 0.345 e. The number of nitro benzene ring substituents is 1. The Balaban J connectivity index is 1.72. The lowest BCUT2D eigenvalue weighted by Gasteiger charge is -2.07. The van der Waals surface area contributed by atoms with Crippen LogP contribution in [0.1, 0.15) is 16.2 Å². The maximum atomic E-state index is 13.4. The van der Waals surface area contributed by atoms with Gasteiger partial charge in [0.15, 0.2) is 17.5 Å². The van der Waals surface area contributed by atoms with E-state index in [-0.39, 0.29) is 29.3 Å². The van der Waals surface area contributed by atoms with E-state index in [2.05, 4.69) is 20.8 Å². The fourth-order valence-electron chi connectivity index (χ4n) is 2.13. The molecule has 0 atom stereocenters. The molecule has 0 bridgehead atoms. The number of nitrogens with one attached hydrogen (secondary N) is 1. The van der Waals surface area contributed by atoms with Gasteiger partial charge < -0.3 is 5.32 Å². The molecule has 1 amide bonds. The molecule has 0 saturated carbocycles.